The summed E-state index contributed by atoms with van der Waals surface area (Å²) in [6.45, 7) is 0. The molecule has 1 saturated heterocycles. The number of hydrogen-bond donors (Lipinski definition) is 0. The van der Waals surface area contributed by atoms with Crippen molar-refractivity contribution in [2.75, 3.05) is 0 Å². The molecule has 3 nitrogen and oxygen atoms in total. The number of carbonyl (C=O) groups is 2. The van der Waals surface area contributed by atoms with Gasteiger partial charge in [0.1, 0.15) is 9.65 Å². The minimum absolute atomic E-state index is 0.352. The van der Waals surface area contributed by atoms with Gasteiger partial charge in [-0.1, -0.05) is 31.9 Å². The van der Waals surface area contributed by atoms with Gasteiger partial charge in [-0.05, 0) is 6.42 Å². The van der Waals surface area contributed by atoms with Crippen molar-refractivity contribution in [3.63, 3.8) is 0 Å². The van der Waals surface area contributed by atoms with Crippen molar-refractivity contribution in [3.8, 4) is 0 Å². The second kappa shape index (κ2) is 3.00. The summed E-state index contributed by atoms with van der Waals surface area (Å²) in [4.78, 5) is 20.6. The molecule has 56 valence electrons. The van der Waals surface area contributed by atoms with E-state index in [9.17, 15) is 9.59 Å². The van der Waals surface area contributed by atoms with Gasteiger partial charge in [-0.2, -0.15) is 0 Å². The number of hydrogen-bond acceptors (Lipinski definition) is 3. The number of rotatable bonds is 0. The fourth-order valence-electron chi connectivity index (χ4n) is 0.601. The molecule has 0 aliphatic carbocycles. The lowest BCUT2D eigenvalue weighted by Gasteiger charge is -2.17. The molecule has 5 heteroatoms. The maximum absolute atomic E-state index is 10.6. The smallest absolute Gasteiger partial charge is 0.327 e. The third-order valence-corrected chi connectivity index (χ3v) is 2.62. The fraction of sp³-hybridized carbons (Fsp3) is 0.600. The Hall–Kier alpha value is 0.1000. The quantitative estimate of drug-likeness (QED) is 0.375. The lowest BCUT2D eigenvalue weighted by atomic mass is 10.2. The first-order chi connectivity index (χ1) is 4.61. The Balaban J connectivity index is 2.63. The Labute approximate surface area is 74.4 Å². The van der Waals surface area contributed by atoms with E-state index in [-0.39, 0.29) is 9.65 Å². The van der Waals surface area contributed by atoms with Gasteiger partial charge in [-0.15, -0.1) is 0 Å². The minimum Gasteiger partial charge on any atom is -0.391 e. The molecule has 2 atom stereocenters. The Kier molecular flexibility index (Phi) is 2.46. The van der Waals surface area contributed by atoms with Crippen LogP contribution in [-0.2, 0) is 14.3 Å². The molecular formula is C5H4Br2O3. The largest absolute Gasteiger partial charge is 0.391 e. The second-order valence-electron chi connectivity index (χ2n) is 1.91. The molecule has 0 spiro atoms. The van der Waals surface area contributed by atoms with E-state index in [1.54, 1.807) is 0 Å². The highest BCUT2D eigenvalue weighted by molar-refractivity contribution is 9.10. The molecule has 1 fully saturated rings. The van der Waals surface area contributed by atoms with Crippen LogP contribution in [0, 0.1) is 0 Å². The van der Waals surface area contributed by atoms with E-state index >= 15 is 0 Å². The number of alkyl halides is 2. The number of cyclic esters (lactones) is 2. The molecule has 0 radical (unpaired) electrons. The van der Waals surface area contributed by atoms with Gasteiger partial charge in [0.2, 0.25) is 0 Å². The summed E-state index contributed by atoms with van der Waals surface area (Å²) in [5.74, 6) is -0.999. The molecule has 0 unspecified atom stereocenters. The van der Waals surface area contributed by atoms with E-state index in [0.717, 1.165) is 0 Å². The third kappa shape index (κ3) is 1.58. The van der Waals surface area contributed by atoms with Gasteiger partial charge in [0.05, 0.1) is 0 Å². The van der Waals surface area contributed by atoms with Crippen molar-refractivity contribution >= 4 is 43.8 Å². The molecule has 1 rings (SSSR count). The van der Waals surface area contributed by atoms with Crippen molar-refractivity contribution in [2.24, 2.45) is 0 Å². The Morgan fingerprint density at radius 1 is 1.20 bits per heavy atom. The van der Waals surface area contributed by atoms with Crippen LogP contribution in [0.2, 0.25) is 0 Å². The minimum atomic E-state index is -0.499. The highest BCUT2D eigenvalue weighted by atomic mass is 79.9. The van der Waals surface area contributed by atoms with Crippen LogP contribution in [0.3, 0.4) is 0 Å². The molecule has 0 N–H and O–H groups in total. The van der Waals surface area contributed by atoms with E-state index < -0.39 is 11.9 Å². The molecule has 1 heterocycles. The Morgan fingerprint density at radius 2 is 1.60 bits per heavy atom. The average molecular weight is 272 g/mol. The zero-order valence-corrected chi connectivity index (χ0v) is 8.01. The molecule has 0 saturated carbocycles. The summed E-state index contributed by atoms with van der Waals surface area (Å²) < 4.78 is 4.34. The summed E-state index contributed by atoms with van der Waals surface area (Å²) >= 11 is 6.13. The monoisotopic (exact) mass is 270 g/mol. The summed E-state index contributed by atoms with van der Waals surface area (Å²) in [7, 11) is 0. The lowest BCUT2D eigenvalue weighted by molar-refractivity contribution is -0.161. The van der Waals surface area contributed by atoms with Crippen molar-refractivity contribution in [3.05, 3.63) is 0 Å². The Morgan fingerprint density at radius 3 is 1.90 bits per heavy atom. The summed E-state index contributed by atoms with van der Waals surface area (Å²) in [5, 5.41) is 0. The first kappa shape index (κ1) is 8.20. The fourth-order valence-corrected chi connectivity index (χ4v) is 2.04. The van der Waals surface area contributed by atoms with E-state index in [2.05, 4.69) is 36.6 Å². The van der Waals surface area contributed by atoms with Gasteiger partial charge >= 0.3 is 11.9 Å². The highest BCUT2D eigenvalue weighted by Gasteiger charge is 2.33. The van der Waals surface area contributed by atoms with Crippen LogP contribution in [0.25, 0.3) is 0 Å². The van der Waals surface area contributed by atoms with Gasteiger partial charge in [0, 0.05) is 0 Å². The molecule has 1 aliphatic heterocycles. The first-order valence-electron chi connectivity index (χ1n) is 2.65. The zero-order chi connectivity index (χ0) is 7.72. The van der Waals surface area contributed by atoms with Crippen LogP contribution >= 0.6 is 31.9 Å². The standard InChI is InChI=1S/C5H4Br2O3/c6-2-1-3(7)5(9)10-4(2)8/h2-3H,1H2/t2-,3+. The van der Waals surface area contributed by atoms with Gasteiger partial charge in [-0.25, -0.2) is 0 Å². The van der Waals surface area contributed by atoms with Crippen LogP contribution in [0.5, 0.6) is 0 Å². The van der Waals surface area contributed by atoms with Crippen LogP contribution < -0.4 is 0 Å². The first-order valence-corrected chi connectivity index (χ1v) is 4.48. The normalized spacial score (nSPS) is 33.8. The molecule has 1 aliphatic rings. The van der Waals surface area contributed by atoms with Gasteiger partial charge < -0.3 is 4.74 Å². The maximum Gasteiger partial charge on any atom is 0.327 e. The van der Waals surface area contributed by atoms with Crippen molar-refractivity contribution in [1.82, 2.24) is 0 Å². The third-order valence-electron chi connectivity index (χ3n) is 1.13. The predicted octanol–water partition coefficient (Wildman–Crippen LogP) is 0.987. The van der Waals surface area contributed by atoms with Crippen molar-refractivity contribution in [1.29, 1.82) is 0 Å². The Bertz CT molecular complexity index is 162. The molecule has 0 aromatic rings. The summed E-state index contributed by atoms with van der Waals surface area (Å²) in [5.41, 5.74) is 0. The second-order valence-corrected chi connectivity index (χ2v) is 4.12. The lowest BCUT2D eigenvalue weighted by Crippen LogP contribution is -2.35. The molecule has 0 bridgehead atoms. The van der Waals surface area contributed by atoms with Crippen molar-refractivity contribution in [2.45, 2.75) is 16.1 Å². The molecule has 0 amide bonds. The predicted molar refractivity (Wildman–Crippen MR) is 41.1 cm³/mol. The van der Waals surface area contributed by atoms with Gasteiger partial charge in [-0.3, -0.25) is 9.59 Å². The number of halogens is 2. The number of ether oxygens (including phenoxy) is 1. The summed E-state index contributed by atoms with van der Waals surface area (Å²) in [6.07, 6.45) is 0.456. The van der Waals surface area contributed by atoms with Crippen LogP contribution in [-0.4, -0.2) is 21.6 Å². The van der Waals surface area contributed by atoms with E-state index in [1.165, 1.54) is 0 Å². The van der Waals surface area contributed by atoms with E-state index in [0.29, 0.717) is 6.42 Å². The van der Waals surface area contributed by atoms with Crippen LogP contribution in [0.15, 0.2) is 0 Å². The topological polar surface area (TPSA) is 43.4 Å². The summed E-state index contributed by atoms with van der Waals surface area (Å²) in [6, 6.07) is 0. The van der Waals surface area contributed by atoms with Gasteiger partial charge in [0.15, 0.2) is 0 Å². The number of esters is 2. The SMILES string of the molecule is O=C1OC(=O)[C@@H](Br)C[C@H]1Br. The number of carbonyl (C=O) groups excluding carboxylic acids is 2. The molecule has 0 aromatic heterocycles. The van der Waals surface area contributed by atoms with Crippen LogP contribution in [0.4, 0.5) is 0 Å². The highest BCUT2D eigenvalue weighted by Crippen LogP contribution is 2.22. The molecule has 10 heavy (non-hydrogen) atoms. The molecule has 0 aromatic carbocycles. The maximum atomic E-state index is 10.6. The van der Waals surface area contributed by atoms with E-state index in [4.69, 9.17) is 0 Å². The van der Waals surface area contributed by atoms with Crippen LogP contribution in [0.1, 0.15) is 6.42 Å². The average Bonchev–Trinajstić information content (AvgIpc) is 1.84. The van der Waals surface area contributed by atoms with E-state index in [1.807, 2.05) is 0 Å². The van der Waals surface area contributed by atoms with Gasteiger partial charge in [0.25, 0.3) is 0 Å². The zero-order valence-electron chi connectivity index (χ0n) is 4.84. The molecular weight excluding hydrogens is 268 g/mol. The van der Waals surface area contributed by atoms with Crippen molar-refractivity contribution < 1.29 is 14.3 Å².